The number of aryl methyl sites for hydroxylation is 1. The summed E-state index contributed by atoms with van der Waals surface area (Å²) < 4.78 is 0. The van der Waals surface area contributed by atoms with Gasteiger partial charge in [0.05, 0.1) is 6.04 Å². The summed E-state index contributed by atoms with van der Waals surface area (Å²) in [6.45, 7) is 0. The van der Waals surface area contributed by atoms with Crippen LogP contribution in [-0.2, 0) is 11.2 Å². The summed E-state index contributed by atoms with van der Waals surface area (Å²) in [7, 11) is 0. The van der Waals surface area contributed by atoms with E-state index in [0.29, 0.717) is 6.42 Å². The molecule has 1 aromatic carbocycles. The lowest BCUT2D eigenvalue weighted by molar-refractivity contribution is -0.122. The molecule has 0 bridgehead atoms. The number of hydrogen-bond acceptors (Lipinski definition) is 1. The highest BCUT2D eigenvalue weighted by Crippen LogP contribution is 2.29. The Labute approximate surface area is 117 Å². The highest BCUT2D eigenvalue weighted by Gasteiger charge is 2.20. The molecule has 0 radical (unpaired) electrons. The van der Waals surface area contributed by atoms with Gasteiger partial charge in [-0.1, -0.05) is 40.2 Å². The Morgan fingerprint density at radius 2 is 2.17 bits per heavy atom. The minimum Gasteiger partial charge on any atom is -0.349 e. The molecule has 2 nitrogen and oxygen atoms in total. The molecule has 1 aliphatic rings. The average Bonchev–Trinajstić information content (AvgIpc) is 2.39. The van der Waals surface area contributed by atoms with Gasteiger partial charge in [0.15, 0.2) is 0 Å². The largest absolute Gasteiger partial charge is 0.349 e. The van der Waals surface area contributed by atoms with E-state index in [4.69, 9.17) is 0 Å². The summed E-state index contributed by atoms with van der Waals surface area (Å²) in [5.74, 6) is 0.192. The molecule has 0 fully saturated rings. The van der Waals surface area contributed by atoms with Crippen molar-refractivity contribution in [2.45, 2.75) is 44.6 Å². The lowest BCUT2D eigenvalue weighted by Gasteiger charge is -2.26. The van der Waals surface area contributed by atoms with E-state index in [9.17, 15) is 4.79 Å². The first-order chi connectivity index (χ1) is 8.81. The van der Waals surface area contributed by atoms with E-state index in [0.717, 1.165) is 31.0 Å². The van der Waals surface area contributed by atoms with Gasteiger partial charge in [0.2, 0.25) is 5.91 Å². The first-order valence-corrected chi connectivity index (χ1v) is 7.86. The summed E-state index contributed by atoms with van der Waals surface area (Å²) in [5, 5.41) is 4.16. The van der Waals surface area contributed by atoms with Crippen LogP contribution in [0.3, 0.4) is 0 Å². The predicted molar refractivity (Wildman–Crippen MR) is 77.9 cm³/mol. The van der Waals surface area contributed by atoms with Gasteiger partial charge >= 0.3 is 0 Å². The minimum absolute atomic E-state index is 0.192. The molecule has 1 unspecified atom stereocenters. The fourth-order valence-electron chi connectivity index (χ4n) is 2.55. The summed E-state index contributed by atoms with van der Waals surface area (Å²) in [5.41, 5.74) is 2.71. The molecule has 0 heterocycles. The van der Waals surface area contributed by atoms with Crippen molar-refractivity contribution in [1.29, 1.82) is 0 Å². The molecule has 18 heavy (non-hydrogen) atoms. The van der Waals surface area contributed by atoms with Gasteiger partial charge in [0.1, 0.15) is 0 Å². The highest BCUT2D eigenvalue weighted by atomic mass is 79.9. The van der Waals surface area contributed by atoms with Gasteiger partial charge in [-0.3, -0.25) is 4.79 Å². The number of benzene rings is 1. The molecule has 2 rings (SSSR count). The van der Waals surface area contributed by atoms with Gasteiger partial charge in [-0.2, -0.15) is 0 Å². The van der Waals surface area contributed by atoms with Gasteiger partial charge in [-0.25, -0.2) is 0 Å². The number of alkyl halides is 1. The number of fused-ring (bicyclic) bond motifs is 1. The fraction of sp³-hybridized carbons (Fsp3) is 0.533. The lowest BCUT2D eigenvalue weighted by Crippen LogP contribution is -2.30. The third-order valence-electron chi connectivity index (χ3n) is 3.49. The Morgan fingerprint density at radius 1 is 1.33 bits per heavy atom. The van der Waals surface area contributed by atoms with Crippen LogP contribution in [0.5, 0.6) is 0 Å². The first-order valence-electron chi connectivity index (χ1n) is 6.74. The van der Waals surface area contributed by atoms with Crippen LogP contribution in [0.2, 0.25) is 0 Å². The number of nitrogens with one attached hydrogen (secondary N) is 1. The standard InChI is InChI=1S/C15H20BrNO/c16-11-4-3-10-15(18)17-14-9-5-7-12-6-1-2-8-13(12)14/h1-2,6,8,14H,3-5,7,9-11H2,(H,17,18). The highest BCUT2D eigenvalue weighted by molar-refractivity contribution is 9.09. The quantitative estimate of drug-likeness (QED) is 0.651. The molecule has 3 heteroatoms. The molecule has 0 aromatic heterocycles. The zero-order valence-corrected chi connectivity index (χ0v) is 12.2. The van der Waals surface area contributed by atoms with Crippen molar-refractivity contribution >= 4 is 21.8 Å². The van der Waals surface area contributed by atoms with Crippen molar-refractivity contribution in [1.82, 2.24) is 5.32 Å². The van der Waals surface area contributed by atoms with Gasteiger partial charge < -0.3 is 5.32 Å². The van der Waals surface area contributed by atoms with E-state index in [1.165, 1.54) is 17.5 Å². The average molecular weight is 310 g/mol. The van der Waals surface area contributed by atoms with Crippen LogP contribution < -0.4 is 5.32 Å². The number of amides is 1. The fourth-order valence-corrected chi connectivity index (χ4v) is 2.95. The molecular formula is C15H20BrNO. The molecule has 1 atom stereocenters. The van der Waals surface area contributed by atoms with Gasteiger partial charge in [0, 0.05) is 11.8 Å². The van der Waals surface area contributed by atoms with E-state index < -0.39 is 0 Å². The van der Waals surface area contributed by atoms with Crippen molar-refractivity contribution in [3.05, 3.63) is 35.4 Å². The number of unbranched alkanes of at least 4 members (excludes halogenated alkanes) is 1. The Kier molecular flexibility index (Phi) is 5.24. The maximum Gasteiger partial charge on any atom is 0.220 e. The zero-order valence-electron chi connectivity index (χ0n) is 10.6. The van der Waals surface area contributed by atoms with Gasteiger partial charge in [-0.05, 0) is 43.2 Å². The molecule has 0 spiro atoms. The third kappa shape index (κ3) is 3.58. The van der Waals surface area contributed by atoms with Crippen molar-refractivity contribution < 1.29 is 4.79 Å². The molecule has 98 valence electrons. The lowest BCUT2D eigenvalue weighted by atomic mass is 9.87. The van der Waals surface area contributed by atoms with Crippen LogP contribution in [0.1, 0.15) is 49.3 Å². The van der Waals surface area contributed by atoms with Crippen LogP contribution >= 0.6 is 15.9 Å². The molecule has 1 aliphatic carbocycles. The first kappa shape index (κ1) is 13.6. The number of hydrogen-bond donors (Lipinski definition) is 1. The number of carbonyl (C=O) groups is 1. The Morgan fingerprint density at radius 3 is 3.00 bits per heavy atom. The molecule has 1 N–H and O–H groups in total. The van der Waals surface area contributed by atoms with E-state index in [1.807, 2.05) is 0 Å². The molecule has 0 aliphatic heterocycles. The summed E-state index contributed by atoms with van der Waals surface area (Å²) in [4.78, 5) is 11.9. The summed E-state index contributed by atoms with van der Waals surface area (Å²) >= 11 is 3.39. The number of halogens is 1. The summed E-state index contributed by atoms with van der Waals surface area (Å²) in [6.07, 6.45) is 6.06. The summed E-state index contributed by atoms with van der Waals surface area (Å²) in [6, 6.07) is 8.70. The van der Waals surface area contributed by atoms with Crippen molar-refractivity contribution in [2.75, 3.05) is 5.33 Å². The zero-order chi connectivity index (χ0) is 12.8. The number of rotatable bonds is 5. The topological polar surface area (TPSA) is 29.1 Å². The third-order valence-corrected chi connectivity index (χ3v) is 4.05. The Hall–Kier alpha value is -0.830. The maximum absolute atomic E-state index is 11.9. The molecular weight excluding hydrogens is 290 g/mol. The second kappa shape index (κ2) is 6.93. The normalized spacial score (nSPS) is 18.2. The van der Waals surface area contributed by atoms with Crippen LogP contribution in [0.15, 0.2) is 24.3 Å². The molecule has 0 saturated carbocycles. The van der Waals surface area contributed by atoms with Crippen molar-refractivity contribution in [3.63, 3.8) is 0 Å². The van der Waals surface area contributed by atoms with Crippen LogP contribution in [0.25, 0.3) is 0 Å². The SMILES string of the molecule is O=C(CCCCBr)NC1CCCc2ccccc21. The van der Waals surface area contributed by atoms with E-state index in [2.05, 4.69) is 45.5 Å². The Balaban J connectivity index is 1.92. The molecule has 1 amide bonds. The smallest absolute Gasteiger partial charge is 0.220 e. The number of carbonyl (C=O) groups excluding carboxylic acids is 1. The maximum atomic E-state index is 11.9. The second-order valence-corrected chi connectivity index (χ2v) is 5.65. The Bertz CT molecular complexity index is 405. The van der Waals surface area contributed by atoms with Crippen LogP contribution in [-0.4, -0.2) is 11.2 Å². The van der Waals surface area contributed by atoms with E-state index in [1.54, 1.807) is 0 Å². The van der Waals surface area contributed by atoms with Gasteiger partial charge in [0.25, 0.3) is 0 Å². The predicted octanol–water partition coefficient (Wildman–Crippen LogP) is 3.75. The van der Waals surface area contributed by atoms with E-state index in [-0.39, 0.29) is 11.9 Å². The van der Waals surface area contributed by atoms with Crippen molar-refractivity contribution in [2.24, 2.45) is 0 Å². The molecule has 1 aromatic rings. The van der Waals surface area contributed by atoms with Crippen LogP contribution in [0, 0.1) is 0 Å². The second-order valence-electron chi connectivity index (χ2n) is 4.86. The van der Waals surface area contributed by atoms with Gasteiger partial charge in [-0.15, -0.1) is 0 Å². The van der Waals surface area contributed by atoms with Crippen molar-refractivity contribution in [3.8, 4) is 0 Å². The minimum atomic E-state index is 0.192. The van der Waals surface area contributed by atoms with E-state index >= 15 is 0 Å². The monoisotopic (exact) mass is 309 g/mol. The van der Waals surface area contributed by atoms with Crippen LogP contribution in [0.4, 0.5) is 0 Å². The molecule has 0 saturated heterocycles.